The predicted molar refractivity (Wildman–Crippen MR) is 72.8 cm³/mol. The van der Waals surface area contributed by atoms with Crippen LogP contribution in [0, 0.1) is 9.49 Å². The van der Waals surface area contributed by atoms with Crippen LogP contribution in [0.25, 0.3) is 0 Å². The van der Waals surface area contributed by atoms with E-state index < -0.39 is 0 Å². The molecule has 16 heavy (non-hydrogen) atoms. The second-order valence-corrected chi connectivity index (χ2v) is 5.73. The molecule has 88 valence electrons. The maximum absolute atomic E-state index is 11.5. The van der Waals surface area contributed by atoms with Crippen molar-refractivity contribution in [1.29, 1.82) is 0 Å². The minimum absolute atomic E-state index is 0.0417. The Hall–Kier alpha value is -0.590. The molecule has 0 saturated heterocycles. The molecule has 1 N–H and O–H groups in total. The summed E-state index contributed by atoms with van der Waals surface area (Å²) < 4.78 is 0.702. The molecular weight excluding hydrogens is 317 g/mol. The van der Waals surface area contributed by atoms with Gasteiger partial charge in [-0.05, 0) is 41.4 Å². The van der Waals surface area contributed by atoms with E-state index in [-0.39, 0.29) is 5.56 Å². The van der Waals surface area contributed by atoms with Gasteiger partial charge in [-0.1, -0.05) is 13.8 Å². The number of anilines is 1. The number of nitrogens with zero attached hydrogens (tertiary/aromatic N) is 2. The van der Waals surface area contributed by atoms with Crippen molar-refractivity contribution >= 4 is 28.4 Å². The molecule has 0 radical (unpaired) electrons. The summed E-state index contributed by atoms with van der Waals surface area (Å²) in [4.78, 5) is 20.7. The van der Waals surface area contributed by atoms with Crippen molar-refractivity contribution in [1.82, 2.24) is 9.97 Å². The Morgan fingerprint density at radius 3 is 2.88 bits per heavy atom. The van der Waals surface area contributed by atoms with Crippen LogP contribution in [-0.4, -0.2) is 22.6 Å². The van der Waals surface area contributed by atoms with Gasteiger partial charge in [-0.25, -0.2) is 4.98 Å². The smallest absolute Gasteiger partial charge is 0.266 e. The Bertz CT molecular complexity index is 425. The van der Waals surface area contributed by atoms with E-state index in [1.165, 1.54) is 19.2 Å². The molecule has 0 amide bonds. The highest BCUT2D eigenvalue weighted by molar-refractivity contribution is 14.1. The molecule has 1 heterocycles. The Morgan fingerprint density at radius 2 is 2.31 bits per heavy atom. The summed E-state index contributed by atoms with van der Waals surface area (Å²) in [6.45, 7) is 5.35. The minimum atomic E-state index is -0.0417. The summed E-state index contributed by atoms with van der Waals surface area (Å²) >= 11 is 2.08. The molecule has 0 atom stereocenters. The molecule has 4 nitrogen and oxygen atoms in total. The first-order valence-electron chi connectivity index (χ1n) is 5.59. The SMILES string of the molecule is CC(C)CN(c1nc[nH]c(=O)c1I)C1CC1. The molecule has 5 heteroatoms. The number of hydrogen-bond donors (Lipinski definition) is 1. The third-order valence-corrected chi connectivity index (χ3v) is 3.57. The van der Waals surface area contributed by atoms with E-state index in [4.69, 9.17) is 0 Å². The van der Waals surface area contributed by atoms with Crippen LogP contribution in [0.15, 0.2) is 11.1 Å². The van der Waals surface area contributed by atoms with E-state index in [0.717, 1.165) is 12.4 Å². The van der Waals surface area contributed by atoms with E-state index in [2.05, 4.69) is 51.3 Å². The number of nitrogens with one attached hydrogen (secondary N) is 1. The zero-order valence-corrected chi connectivity index (χ0v) is 11.7. The normalized spacial score (nSPS) is 15.5. The lowest BCUT2D eigenvalue weighted by Gasteiger charge is -2.25. The average Bonchev–Trinajstić information content (AvgIpc) is 3.02. The fourth-order valence-electron chi connectivity index (χ4n) is 1.76. The summed E-state index contributed by atoms with van der Waals surface area (Å²) in [5.74, 6) is 1.43. The van der Waals surface area contributed by atoms with Gasteiger partial charge < -0.3 is 9.88 Å². The third kappa shape index (κ3) is 2.56. The van der Waals surface area contributed by atoms with Crippen molar-refractivity contribution in [2.45, 2.75) is 32.7 Å². The molecule has 0 aliphatic heterocycles. The maximum Gasteiger partial charge on any atom is 0.266 e. The summed E-state index contributed by atoms with van der Waals surface area (Å²) in [5.41, 5.74) is -0.0417. The summed E-state index contributed by atoms with van der Waals surface area (Å²) in [5, 5.41) is 0. The number of hydrogen-bond acceptors (Lipinski definition) is 3. The highest BCUT2D eigenvalue weighted by Gasteiger charge is 2.31. The van der Waals surface area contributed by atoms with Crippen LogP contribution in [0.2, 0.25) is 0 Å². The molecule has 0 spiro atoms. The predicted octanol–water partition coefficient (Wildman–Crippen LogP) is 2.00. The van der Waals surface area contributed by atoms with E-state index in [1.807, 2.05) is 0 Å². The number of H-pyrrole nitrogens is 1. The molecule has 1 aliphatic carbocycles. The highest BCUT2D eigenvalue weighted by Crippen LogP contribution is 2.32. The summed E-state index contributed by atoms with van der Waals surface area (Å²) in [7, 11) is 0. The van der Waals surface area contributed by atoms with Gasteiger partial charge in [0, 0.05) is 12.6 Å². The second kappa shape index (κ2) is 4.73. The van der Waals surface area contributed by atoms with Gasteiger partial charge in [0.05, 0.1) is 6.33 Å². The molecule has 1 aromatic rings. The molecular formula is C11H16IN3O. The van der Waals surface area contributed by atoms with Gasteiger partial charge in [0.1, 0.15) is 9.39 Å². The monoisotopic (exact) mass is 333 g/mol. The van der Waals surface area contributed by atoms with Crippen LogP contribution >= 0.6 is 22.6 Å². The highest BCUT2D eigenvalue weighted by atomic mass is 127. The van der Waals surface area contributed by atoms with E-state index in [9.17, 15) is 4.79 Å². The molecule has 1 saturated carbocycles. The first-order valence-corrected chi connectivity index (χ1v) is 6.67. The largest absolute Gasteiger partial charge is 0.352 e. The number of aromatic amines is 1. The lowest BCUT2D eigenvalue weighted by atomic mass is 10.2. The zero-order chi connectivity index (χ0) is 11.7. The Kier molecular flexibility index (Phi) is 3.51. The van der Waals surface area contributed by atoms with Gasteiger partial charge in [-0.15, -0.1) is 0 Å². The van der Waals surface area contributed by atoms with Crippen LogP contribution in [0.3, 0.4) is 0 Å². The van der Waals surface area contributed by atoms with Gasteiger partial charge in [0.25, 0.3) is 5.56 Å². The van der Waals surface area contributed by atoms with Gasteiger partial charge in [-0.3, -0.25) is 4.79 Å². The third-order valence-electron chi connectivity index (χ3n) is 2.60. The van der Waals surface area contributed by atoms with Crippen molar-refractivity contribution in [3.8, 4) is 0 Å². The minimum Gasteiger partial charge on any atom is -0.352 e. The lowest BCUT2D eigenvalue weighted by molar-refractivity contribution is 0.601. The van der Waals surface area contributed by atoms with Crippen molar-refractivity contribution in [3.63, 3.8) is 0 Å². The van der Waals surface area contributed by atoms with Crippen LogP contribution in [-0.2, 0) is 0 Å². The molecule has 0 bridgehead atoms. The van der Waals surface area contributed by atoms with Crippen LogP contribution in [0.1, 0.15) is 26.7 Å². The number of rotatable bonds is 4. The van der Waals surface area contributed by atoms with Gasteiger partial charge in [0.15, 0.2) is 0 Å². The second-order valence-electron chi connectivity index (χ2n) is 4.65. The van der Waals surface area contributed by atoms with Crippen LogP contribution in [0.5, 0.6) is 0 Å². The van der Waals surface area contributed by atoms with Crippen LogP contribution < -0.4 is 10.5 Å². The van der Waals surface area contributed by atoms with Gasteiger partial charge in [0.2, 0.25) is 0 Å². The molecule has 1 aromatic heterocycles. The number of aromatic nitrogens is 2. The van der Waals surface area contributed by atoms with Crippen molar-refractivity contribution in [3.05, 3.63) is 20.3 Å². The average molecular weight is 333 g/mol. The first-order chi connectivity index (χ1) is 7.59. The fourth-order valence-corrected chi connectivity index (χ4v) is 2.37. The standard InChI is InChI=1S/C11H16IN3O/c1-7(2)5-15(8-3-4-8)10-9(12)11(16)14-6-13-10/h6-8H,3-5H2,1-2H3,(H,13,14,16). The Balaban J connectivity index is 2.31. The quantitative estimate of drug-likeness (QED) is 0.858. The Morgan fingerprint density at radius 1 is 1.62 bits per heavy atom. The van der Waals surface area contributed by atoms with Crippen molar-refractivity contribution in [2.24, 2.45) is 5.92 Å². The summed E-state index contributed by atoms with van der Waals surface area (Å²) in [6, 6.07) is 0.588. The molecule has 1 aliphatic rings. The molecule has 0 unspecified atom stereocenters. The molecule has 2 rings (SSSR count). The van der Waals surface area contributed by atoms with Crippen LogP contribution in [0.4, 0.5) is 5.82 Å². The molecule has 0 aromatic carbocycles. The molecule has 1 fully saturated rings. The van der Waals surface area contributed by atoms with Crippen molar-refractivity contribution in [2.75, 3.05) is 11.4 Å². The number of halogens is 1. The summed E-state index contributed by atoms with van der Waals surface area (Å²) in [6.07, 6.45) is 3.93. The van der Waals surface area contributed by atoms with E-state index in [1.54, 1.807) is 0 Å². The van der Waals surface area contributed by atoms with Crippen molar-refractivity contribution < 1.29 is 0 Å². The first kappa shape index (κ1) is 11.9. The van der Waals surface area contributed by atoms with Gasteiger partial charge >= 0.3 is 0 Å². The van der Waals surface area contributed by atoms with Gasteiger partial charge in [-0.2, -0.15) is 0 Å². The van der Waals surface area contributed by atoms with E-state index in [0.29, 0.717) is 15.5 Å². The van der Waals surface area contributed by atoms with E-state index >= 15 is 0 Å². The topological polar surface area (TPSA) is 49.0 Å². The fraction of sp³-hybridized carbons (Fsp3) is 0.636. The maximum atomic E-state index is 11.5. The zero-order valence-electron chi connectivity index (χ0n) is 9.53. The Labute approximate surface area is 109 Å². The lowest BCUT2D eigenvalue weighted by Crippen LogP contribution is -2.33.